The van der Waals surface area contributed by atoms with Crippen molar-refractivity contribution in [3.63, 3.8) is 0 Å². The van der Waals surface area contributed by atoms with Gasteiger partial charge in [0.05, 0.1) is 6.54 Å². The zero-order valence-corrected chi connectivity index (χ0v) is 12.1. The molecule has 1 aromatic carbocycles. The second kappa shape index (κ2) is 6.07. The van der Waals surface area contributed by atoms with Crippen LogP contribution >= 0.6 is 0 Å². The molecule has 102 valence electrons. The SMILES string of the molecule is CCc1cc(CC)c(-c2ccc(CN)o2)c(CC)c1. The van der Waals surface area contributed by atoms with Gasteiger partial charge in [0.15, 0.2) is 0 Å². The number of rotatable bonds is 5. The first-order chi connectivity index (χ1) is 9.23. The lowest BCUT2D eigenvalue weighted by molar-refractivity contribution is 0.524. The van der Waals surface area contributed by atoms with Gasteiger partial charge in [-0.15, -0.1) is 0 Å². The number of nitrogens with two attached hydrogens (primary N) is 1. The van der Waals surface area contributed by atoms with Crippen molar-refractivity contribution in [3.8, 4) is 11.3 Å². The lowest BCUT2D eigenvalue weighted by Gasteiger charge is -2.13. The van der Waals surface area contributed by atoms with Gasteiger partial charge in [0.25, 0.3) is 0 Å². The van der Waals surface area contributed by atoms with Crippen molar-refractivity contribution in [2.24, 2.45) is 5.73 Å². The molecule has 1 heterocycles. The van der Waals surface area contributed by atoms with Gasteiger partial charge < -0.3 is 10.2 Å². The summed E-state index contributed by atoms with van der Waals surface area (Å²) in [5, 5.41) is 0. The van der Waals surface area contributed by atoms with Crippen LogP contribution in [0.3, 0.4) is 0 Å². The molecule has 0 aliphatic rings. The van der Waals surface area contributed by atoms with Gasteiger partial charge in [0.2, 0.25) is 0 Å². The van der Waals surface area contributed by atoms with E-state index in [9.17, 15) is 0 Å². The van der Waals surface area contributed by atoms with E-state index in [1.165, 1.54) is 22.3 Å². The average molecular weight is 257 g/mol. The number of hydrogen-bond donors (Lipinski definition) is 1. The van der Waals surface area contributed by atoms with E-state index in [4.69, 9.17) is 10.2 Å². The van der Waals surface area contributed by atoms with Crippen LogP contribution in [-0.4, -0.2) is 0 Å². The van der Waals surface area contributed by atoms with E-state index >= 15 is 0 Å². The molecule has 0 bridgehead atoms. The van der Waals surface area contributed by atoms with E-state index in [0.29, 0.717) is 6.54 Å². The largest absolute Gasteiger partial charge is 0.460 e. The molecule has 0 saturated heterocycles. The number of benzene rings is 1. The molecular formula is C17H23NO. The molecule has 0 atom stereocenters. The van der Waals surface area contributed by atoms with E-state index in [1.807, 2.05) is 12.1 Å². The second-order valence-corrected chi connectivity index (χ2v) is 4.82. The summed E-state index contributed by atoms with van der Waals surface area (Å²) in [6, 6.07) is 8.63. The summed E-state index contributed by atoms with van der Waals surface area (Å²) in [6.07, 6.45) is 3.12. The molecule has 0 unspecified atom stereocenters. The molecule has 0 radical (unpaired) electrons. The highest BCUT2D eigenvalue weighted by Gasteiger charge is 2.14. The smallest absolute Gasteiger partial charge is 0.134 e. The third-order valence-corrected chi connectivity index (χ3v) is 3.64. The number of furan rings is 1. The normalized spacial score (nSPS) is 10.9. The minimum absolute atomic E-state index is 0.454. The van der Waals surface area contributed by atoms with E-state index in [0.717, 1.165) is 30.8 Å². The Hall–Kier alpha value is -1.54. The van der Waals surface area contributed by atoms with Crippen molar-refractivity contribution in [3.05, 3.63) is 46.7 Å². The minimum Gasteiger partial charge on any atom is -0.460 e. The number of aryl methyl sites for hydroxylation is 3. The predicted octanol–water partition coefficient (Wildman–Crippen LogP) is 4.09. The van der Waals surface area contributed by atoms with Crippen LogP contribution < -0.4 is 5.73 Å². The molecule has 1 aromatic heterocycles. The summed E-state index contributed by atoms with van der Waals surface area (Å²) in [4.78, 5) is 0. The molecule has 2 nitrogen and oxygen atoms in total. The zero-order chi connectivity index (χ0) is 13.8. The molecule has 0 aliphatic heterocycles. The fourth-order valence-electron chi connectivity index (χ4n) is 2.54. The zero-order valence-electron chi connectivity index (χ0n) is 12.1. The summed E-state index contributed by atoms with van der Waals surface area (Å²) < 4.78 is 5.85. The Morgan fingerprint density at radius 3 is 2.00 bits per heavy atom. The Labute approximate surface area is 115 Å². The molecule has 0 fully saturated rings. The van der Waals surface area contributed by atoms with Gasteiger partial charge in [-0.3, -0.25) is 0 Å². The fourth-order valence-corrected chi connectivity index (χ4v) is 2.54. The van der Waals surface area contributed by atoms with E-state index in [-0.39, 0.29) is 0 Å². The maximum Gasteiger partial charge on any atom is 0.134 e. The summed E-state index contributed by atoms with van der Waals surface area (Å²) in [5.41, 5.74) is 11.0. The van der Waals surface area contributed by atoms with Gasteiger partial charge in [0.1, 0.15) is 11.5 Å². The van der Waals surface area contributed by atoms with Crippen LogP contribution in [0.15, 0.2) is 28.7 Å². The minimum atomic E-state index is 0.454. The molecule has 2 rings (SSSR count). The maximum atomic E-state index is 5.85. The van der Waals surface area contributed by atoms with E-state index in [1.54, 1.807) is 0 Å². The van der Waals surface area contributed by atoms with Gasteiger partial charge in [-0.05, 0) is 48.1 Å². The Morgan fingerprint density at radius 2 is 1.58 bits per heavy atom. The molecule has 2 heteroatoms. The Bertz CT molecular complexity index is 529. The summed E-state index contributed by atoms with van der Waals surface area (Å²) >= 11 is 0. The first-order valence-corrected chi connectivity index (χ1v) is 7.17. The molecular weight excluding hydrogens is 234 g/mol. The standard InChI is InChI=1S/C17H23NO/c1-4-12-9-13(5-2)17(14(6-3)10-12)16-8-7-15(11-18)19-16/h7-10H,4-6,11,18H2,1-3H3. The third kappa shape index (κ3) is 2.74. The van der Waals surface area contributed by atoms with Gasteiger partial charge in [-0.1, -0.05) is 32.9 Å². The van der Waals surface area contributed by atoms with Gasteiger partial charge in [0, 0.05) is 5.56 Å². The molecule has 0 aliphatic carbocycles. The Kier molecular flexibility index (Phi) is 4.43. The molecule has 0 saturated carbocycles. The van der Waals surface area contributed by atoms with Crippen molar-refractivity contribution in [2.45, 2.75) is 46.6 Å². The number of hydrogen-bond acceptors (Lipinski definition) is 2. The molecule has 2 aromatic rings. The van der Waals surface area contributed by atoms with Crippen molar-refractivity contribution in [2.75, 3.05) is 0 Å². The highest BCUT2D eigenvalue weighted by molar-refractivity contribution is 5.68. The summed E-state index contributed by atoms with van der Waals surface area (Å²) in [6.45, 7) is 7.05. The van der Waals surface area contributed by atoms with Crippen LogP contribution in [0.5, 0.6) is 0 Å². The van der Waals surface area contributed by atoms with Crippen LogP contribution in [0.25, 0.3) is 11.3 Å². The van der Waals surface area contributed by atoms with Crippen LogP contribution in [0.1, 0.15) is 43.2 Å². The lowest BCUT2D eigenvalue weighted by Crippen LogP contribution is -1.97. The van der Waals surface area contributed by atoms with Gasteiger partial charge >= 0.3 is 0 Å². The van der Waals surface area contributed by atoms with Crippen LogP contribution in [0.4, 0.5) is 0 Å². The van der Waals surface area contributed by atoms with Crippen molar-refractivity contribution < 1.29 is 4.42 Å². The lowest BCUT2D eigenvalue weighted by atomic mass is 9.92. The van der Waals surface area contributed by atoms with E-state index in [2.05, 4.69) is 32.9 Å². The Balaban J connectivity index is 2.59. The summed E-state index contributed by atoms with van der Waals surface area (Å²) in [7, 11) is 0. The topological polar surface area (TPSA) is 39.2 Å². The molecule has 0 spiro atoms. The first kappa shape index (κ1) is 13.9. The van der Waals surface area contributed by atoms with Crippen molar-refractivity contribution >= 4 is 0 Å². The molecule has 2 N–H and O–H groups in total. The highest BCUT2D eigenvalue weighted by Crippen LogP contribution is 2.31. The van der Waals surface area contributed by atoms with Crippen LogP contribution in [-0.2, 0) is 25.8 Å². The highest BCUT2D eigenvalue weighted by atomic mass is 16.3. The Morgan fingerprint density at radius 1 is 0.947 bits per heavy atom. The second-order valence-electron chi connectivity index (χ2n) is 4.82. The predicted molar refractivity (Wildman–Crippen MR) is 80.2 cm³/mol. The molecule has 19 heavy (non-hydrogen) atoms. The van der Waals surface area contributed by atoms with Crippen LogP contribution in [0.2, 0.25) is 0 Å². The van der Waals surface area contributed by atoms with E-state index < -0.39 is 0 Å². The third-order valence-electron chi connectivity index (χ3n) is 3.64. The average Bonchev–Trinajstić information content (AvgIpc) is 2.94. The quantitative estimate of drug-likeness (QED) is 0.876. The molecule has 0 amide bonds. The van der Waals surface area contributed by atoms with Gasteiger partial charge in [-0.2, -0.15) is 0 Å². The van der Waals surface area contributed by atoms with Crippen molar-refractivity contribution in [1.29, 1.82) is 0 Å². The fraction of sp³-hybridized carbons (Fsp3) is 0.412. The van der Waals surface area contributed by atoms with Crippen LogP contribution in [0, 0.1) is 0 Å². The van der Waals surface area contributed by atoms with Crippen molar-refractivity contribution in [1.82, 2.24) is 0 Å². The van der Waals surface area contributed by atoms with Gasteiger partial charge in [-0.25, -0.2) is 0 Å². The monoisotopic (exact) mass is 257 g/mol. The first-order valence-electron chi connectivity index (χ1n) is 7.17. The summed E-state index contributed by atoms with van der Waals surface area (Å²) in [5.74, 6) is 1.80. The maximum absolute atomic E-state index is 5.85.